The first-order valence-corrected chi connectivity index (χ1v) is 6.85. The van der Waals surface area contributed by atoms with Gasteiger partial charge in [-0.15, -0.1) is 0 Å². The molecular weight excluding hydrogens is 266 g/mol. The predicted octanol–water partition coefficient (Wildman–Crippen LogP) is 2.68. The average molecular weight is 283 g/mol. The zero-order valence-electron chi connectivity index (χ0n) is 12.0. The molecule has 2 heterocycles. The number of nitrogens with one attached hydrogen (secondary N) is 1. The lowest BCUT2D eigenvalue weighted by molar-refractivity contribution is -0.124. The molecule has 2 aromatic rings. The van der Waals surface area contributed by atoms with Crippen molar-refractivity contribution in [3.05, 3.63) is 47.4 Å². The molecule has 0 radical (unpaired) electrons. The van der Waals surface area contributed by atoms with Crippen LogP contribution in [0.3, 0.4) is 0 Å². The molecule has 108 valence electrons. The van der Waals surface area contributed by atoms with Crippen LogP contribution in [-0.4, -0.2) is 33.3 Å². The van der Waals surface area contributed by atoms with Gasteiger partial charge in [-0.1, -0.05) is 18.2 Å². The SMILES string of the molecule is CC1=C(C)N(O)C(C=O)C(Cc2c[nH]c3ccccc23)=N1. The highest BCUT2D eigenvalue weighted by Crippen LogP contribution is 2.23. The summed E-state index contributed by atoms with van der Waals surface area (Å²) in [5.74, 6) is 0. The van der Waals surface area contributed by atoms with Gasteiger partial charge in [-0.3, -0.25) is 10.2 Å². The summed E-state index contributed by atoms with van der Waals surface area (Å²) >= 11 is 0. The predicted molar refractivity (Wildman–Crippen MR) is 81.3 cm³/mol. The monoisotopic (exact) mass is 283 g/mol. The van der Waals surface area contributed by atoms with E-state index in [1.165, 1.54) is 0 Å². The van der Waals surface area contributed by atoms with Crippen LogP contribution in [0, 0.1) is 0 Å². The fourth-order valence-corrected chi connectivity index (χ4v) is 2.63. The zero-order valence-corrected chi connectivity index (χ0v) is 12.0. The third-order valence-corrected chi connectivity index (χ3v) is 3.96. The van der Waals surface area contributed by atoms with Gasteiger partial charge in [0.1, 0.15) is 6.04 Å². The number of aromatic amines is 1. The quantitative estimate of drug-likeness (QED) is 0.851. The molecule has 2 N–H and O–H groups in total. The molecule has 0 bridgehead atoms. The molecule has 0 fully saturated rings. The Morgan fingerprint density at radius 2 is 2.14 bits per heavy atom. The lowest BCUT2D eigenvalue weighted by atomic mass is 10.0. The van der Waals surface area contributed by atoms with Crippen molar-refractivity contribution in [2.45, 2.75) is 26.3 Å². The maximum atomic E-state index is 11.3. The number of fused-ring (bicyclic) bond motifs is 1. The Morgan fingerprint density at radius 1 is 1.38 bits per heavy atom. The second-order valence-electron chi connectivity index (χ2n) is 5.24. The number of nitrogens with zero attached hydrogens (tertiary/aromatic N) is 2. The van der Waals surface area contributed by atoms with Gasteiger partial charge in [-0.25, -0.2) is 5.06 Å². The van der Waals surface area contributed by atoms with Crippen LogP contribution >= 0.6 is 0 Å². The smallest absolute Gasteiger partial charge is 0.150 e. The van der Waals surface area contributed by atoms with Crippen LogP contribution in [-0.2, 0) is 11.2 Å². The topological polar surface area (TPSA) is 68.7 Å². The average Bonchev–Trinajstić information content (AvgIpc) is 2.89. The first kappa shape index (κ1) is 13.6. The van der Waals surface area contributed by atoms with E-state index in [9.17, 15) is 10.0 Å². The number of aliphatic imine (C=N–C) groups is 1. The molecule has 1 aliphatic heterocycles. The highest BCUT2D eigenvalue weighted by molar-refractivity contribution is 6.04. The van der Waals surface area contributed by atoms with Crippen LogP contribution in [0.5, 0.6) is 0 Å². The number of benzene rings is 1. The third-order valence-electron chi connectivity index (χ3n) is 3.96. The summed E-state index contributed by atoms with van der Waals surface area (Å²) in [5.41, 5.74) is 4.10. The second-order valence-corrected chi connectivity index (χ2v) is 5.24. The molecule has 3 rings (SSSR count). The van der Waals surface area contributed by atoms with Crippen LogP contribution in [0.1, 0.15) is 19.4 Å². The van der Waals surface area contributed by atoms with Gasteiger partial charge in [0.05, 0.1) is 17.1 Å². The number of hydroxylamine groups is 2. The fraction of sp³-hybridized carbons (Fsp3) is 0.250. The number of aldehydes is 1. The van der Waals surface area contributed by atoms with E-state index in [-0.39, 0.29) is 0 Å². The Hall–Kier alpha value is -2.40. The second kappa shape index (κ2) is 5.18. The van der Waals surface area contributed by atoms with Crippen molar-refractivity contribution in [2.75, 3.05) is 0 Å². The summed E-state index contributed by atoms with van der Waals surface area (Å²) < 4.78 is 0. The van der Waals surface area contributed by atoms with Crippen molar-refractivity contribution in [3.63, 3.8) is 0 Å². The van der Waals surface area contributed by atoms with E-state index in [0.29, 0.717) is 17.8 Å². The number of hydrogen-bond acceptors (Lipinski definition) is 4. The number of rotatable bonds is 3. The Kier molecular flexibility index (Phi) is 3.35. The van der Waals surface area contributed by atoms with E-state index < -0.39 is 6.04 Å². The van der Waals surface area contributed by atoms with E-state index in [0.717, 1.165) is 33.5 Å². The number of allylic oxidation sites excluding steroid dienone is 2. The van der Waals surface area contributed by atoms with E-state index in [4.69, 9.17) is 0 Å². The Bertz CT molecular complexity index is 758. The van der Waals surface area contributed by atoms with Gasteiger partial charge in [0.15, 0.2) is 6.29 Å². The largest absolute Gasteiger partial charge is 0.361 e. The van der Waals surface area contributed by atoms with Crippen molar-refractivity contribution in [3.8, 4) is 0 Å². The molecule has 1 aromatic heterocycles. The fourth-order valence-electron chi connectivity index (χ4n) is 2.63. The molecule has 1 atom stereocenters. The van der Waals surface area contributed by atoms with Crippen LogP contribution < -0.4 is 0 Å². The molecule has 0 saturated carbocycles. The lowest BCUT2D eigenvalue weighted by Gasteiger charge is -2.30. The van der Waals surface area contributed by atoms with Gasteiger partial charge in [-0.2, -0.15) is 0 Å². The molecule has 1 unspecified atom stereocenters. The van der Waals surface area contributed by atoms with Gasteiger partial charge in [0, 0.05) is 23.5 Å². The molecule has 0 saturated heterocycles. The van der Waals surface area contributed by atoms with E-state index >= 15 is 0 Å². The van der Waals surface area contributed by atoms with Crippen molar-refractivity contribution < 1.29 is 10.0 Å². The van der Waals surface area contributed by atoms with Crippen LogP contribution in [0.15, 0.2) is 46.8 Å². The highest BCUT2D eigenvalue weighted by atomic mass is 16.5. The van der Waals surface area contributed by atoms with Crippen molar-refractivity contribution in [2.24, 2.45) is 4.99 Å². The van der Waals surface area contributed by atoms with E-state index in [2.05, 4.69) is 9.98 Å². The van der Waals surface area contributed by atoms with Gasteiger partial charge >= 0.3 is 0 Å². The summed E-state index contributed by atoms with van der Waals surface area (Å²) in [7, 11) is 0. The van der Waals surface area contributed by atoms with Gasteiger partial charge < -0.3 is 9.78 Å². The van der Waals surface area contributed by atoms with Crippen LogP contribution in [0.25, 0.3) is 10.9 Å². The zero-order chi connectivity index (χ0) is 15.0. The molecular formula is C16H17N3O2. The molecule has 5 nitrogen and oxygen atoms in total. The van der Waals surface area contributed by atoms with Crippen molar-refractivity contribution in [1.29, 1.82) is 0 Å². The summed E-state index contributed by atoms with van der Waals surface area (Å²) in [6, 6.07) is 7.27. The first-order valence-electron chi connectivity index (χ1n) is 6.85. The van der Waals surface area contributed by atoms with E-state index in [1.54, 1.807) is 6.92 Å². The summed E-state index contributed by atoms with van der Waals surface area (Å²) in [6.45, 7) is 3.58. The number of carbonyl (C=O) groups is 1. The Labute approximate surface area is 122 Å². The molecule has 1 aliphatic rings. The number of para-hydroxylation sites is 1. The minimum absolute atomic E-state index is 0.523. The number of carbonyl (C=O) groups excluding carboxylic acids is 1. The third kappa shape index (κ3) is 2.25. The van der Waals surface area contributed by atoms with Crippen molar-refractivity contribution in [1.82, 2.24) is 10.0 Å². The van der Waals surface area contributed by atoms with Gasteiger partial charge in [0.25, 0.3) is 0 Å². The highest BCUT2D eigenvalue weighted by Gasteiger charge is 2.28. The molecule has 1 aromatic carbocycles. The minimum atomic E-state index is -0.720. The van der Waals surface area contributed by atoms with Crippen LogP contribution in [0.4, 0.5) is 0 Å². The minimum Gasteiger partial charge on any atom is -0.361 e. The maximum Gasteiger partial charge on any atom is 0.150 e. The molecule has 21 heavy (non-hydrogen) atoms. The molecule has 5 heteroatoms. The number of hydrogen-bond donors (Lipinski definition) is 2. The maximum absolute atomic E-state index is 11.3. The molecule has 0 amide bonds. The molecule has 0 aliphatic carbocycles. The Balaban J connectivity index is 2.00. The van der Waals surface area contributed by atoms with Gasteiger partial charge in [0.2, 0.25) is 0 Å². The summed E-state index contributed by atoms with van der Waals surface area (Å²) in [6.07, 6.45) is 3.18. The van der Waals surface area contributed by atoms with Crippen LogP contribution in [0.2, 0.25) is 0 Å². The normalized spacial score (nSPS) is 19.1. The van der Waals surface area contributed by atoms with E-state index in [1.807, 2.05) is 37.4 Å². The van der Waals surface area contributed by atoms with Gasteiger partial charge in [-0.05, 0) is 25.5 Å². The molecule has 0 spiro atoms. The standard InChI is InChI=1S/C16H17N3O2/c1-10-11(2)19(21)16(9-20)15(18-10)7-12-8-17-14-6-4-3-5-13(12)14/h3-6,8-9,16-17,21H,7H2,1-2H3. The Morgan fingerprint density at radius 3 is 2.90 bits per heavy atom. The van der Waals surface area contributed by atoms with Crippen molar-refractivity contribution >= 4 is 22.9 Å². The lowest BCUT2D eigenvalue weighted by Crippen LogP contribution is -2.42. The first-order chi connectivity index (χ1) is 10.1. The number of aromatic nitrogens is 1. The number of H-pyrrole nitrogens is 1. The summed E-state index contributed by atoms with van der Waals surface area (Å²) in [5, 5.41) is 12.2. The summed E-state index contributed by atoms with van der Waals surface area (Å²) in [4.78, 5) is 19.0.